The quantitative estimate of drug-likeness (QED) is 0.793. The number of nitrogens with one attached hydrogen (secondary N) is 1. The molecule has 104 valence electrons. The summed E-state index contributed by atoms with van der Waals surface area (Å²) >= 11 is 0. The predicted octanol–water partition coefficient (Wildman–Crippen LogP) is 1.93. The van der Waals surface area contributed by atoms with Crippen LogP contribution in [0.1, 0.15) is 40.5 Å². The number of hydrogen-bond acceptors (Lipinski definition) is 2. The molecule has 2 atom stereocenters. The zero-order chi connectivity index (χ0) is 13.9. The number of amides is 2. The molecule has 18 heavy (non-hydrogen) atoms. The Hall–Kier alpha value is -1.26. The molecule has 0 saturated carbocycles. The maximum atomic E-state index is 12.0. The fourth-order valence-electron chi connectivity index (χ4n) is 1.86. The first kappa shape index (κ1) is 14.8. The van der Waals surface area contributed by atoms with Crippen LogP contribution in [0.3, 0.4) is 0 Å². The molecule has 0 spiro atoms. The van der Waals surface area contributed by atoms with Gasteiger partial charge in [0.15, 0.2) is 0 Å². The van der Waals surface area contributed by atoms with Crippen molar-refractivity contribution in [1.29, 1.82) is 0 Å². The lowest BCUT2D eigenvalue weighted by molar-refractivity contribution is -0.143. The van der Waals surface area contributed by atoms with Crippen LogP contribution < -0.4 is 5.32 Å². The van der Waals surface area contributed by atoms with Gasteiger partial charge < -0.3 is 15.3 Å². The van der Waals surface area contributed by atoms with Crippen molar-refractivity contribution < 1.29 is 14.7 Å². The molecule has 1 heterocycles. The smallest absolute Gasteiger partial charge is 0.317 e. The third kappa shape index (κ3) is 3.89. The molecule has 1 saturated heterocycles. The van der Waals surface area contributed by atoms with Crippen molar-refractivity contribution >= 4 is 12.0 Å². The average molecular weight is 256 g/mol. The van der Waals surface area contributed by atoms with E-state index in [2.05, 4.69) is 26.1 Å². The molecule has 1 aliphatic rings. The van der Waals surface area contributed by atoms with Crippen LogP contribution in [-0.4, -0.2) is 41.1 Å². The van der Waals surface area contributed by atoms with Crippen molar-refractivity contribution in [3.05, 3.63) is 0 Å². The summed E-state index contributed by atoms with van der Waals surface area (Å²) in [5.41, 5.74) is -0.00234. The number of carboxylic acids is 1. The summed E-state index contributed by atoms with van der Waals surface area (Å²) in [4.78, 5) is 24.6. The minimum Gasteiger partial charge on any atom is -0.481 e. The van der Waals surface area contributed by atoms with Crippen molar-refractivity contribution in [2.24, 2.45) is 11.3 Å². The Bertz CT molecular complexity index is 323. The van der Waals surface area contributed by atoms with Gasteiger partial charge in [0.25, 0.3) is 0 Å². The summed E-state index contributed by atoms with van der Waals surface area (Å²) < 4.78 is 0. The van der Waals surface area contributed by atoms with Crippen LogP contribution in [0, 0.1) is 11.3 Å². The number of rotatable bonds is 2. The van der Waals surface area contributed by atoms with Gasteiger partial charge in [0.2, 0.25) is 0 Å². The lowest BCUT2D eigenvalue weighted by Gasteiger charge is -2.34. The molecule has 0 aliphatic carbocycles. The van der Waals surface area contributed by atoms with Gasteiger partial charge in [0.1, 0.15) is 0 Å². The highest BCUT2D eigenvalue weighted by Crippen LogP contribution is 2.20. The van der Waals surface area contributed by atoms with E-state index < -0.39 is 11.9 Å². The van der Waals surface area contributed by atoms with Crippen LogP contribution in [0.15, 0.2) is 0 Å². The van der Waals surface area contributed by atoms with E-state index in [9.17, 15) is 9.59 Å². The molecule has 1 fully saturated rings. The van der Waals surface area contributed by atoms with Gasteiger partial charge in [-0.2, -0.15) is 0 Å². The van der Waals surface area contributed by atoms with Crippen LogP contribution in [0.25, 0.3) is 0 Å². The topological polar surface area (TPSA) is 69.6 Å². The van der Waals surface area contributed by atoms with E-state index in [4.69, 9.17) is 5.11 Å². The summed E-state index contributed by atoms with van der Waals surface area (Å²) in [5.74, 6) is -1.23. The summed E-state index contributed by atoms with van der Waals surface area (Å²) in [6, 6.07) is -0.0985. The SMILES string of the molecule is CC(NC(=O)N1CCC[C@@H](C(=O)O)C1)C(C)(C)C. The van der Waals surface area contributed by atoms with Gasteiger partial charge in [-0.3, -0.25) is 4.79 Å². The molecular weight excluding hydrogens is 232 g/mol. The second kappa shape index (κ2) is 5.59. The maximum Gasteiger partial charge on any atom is 0.317 e. The minimum atomic E-state index is -0.809. The lowest BCUT2D eigenvalue weighted by Crippen LogP contribution is -2.51. The minimum absolute atomic E-state index is 0.00234. The Kier molecular flexibility index (Phi) is 4.59. The highest BCUT2D eigenvalue weighted by molar-refractivity contribution is 5.76. The van der Waals surface area contributed by atoms with Crippen LogP contribution in [-0.2, 0) is 4.79 Å². The summed E-state index contributed by atoms with van der Waals surface area (Å²) in [6.45, 7) is 9.12. The van der Waals surface area contributed by atoms with Crippen LogP contribution in [0.5, 0.6) is 0 Å². The number of carbonyl (C=O) groups excluding carboxylic acids is 1. The fourth-order valence-corrected chi connectivity index (χ4v) is 1.86. The van der Waals surface area contributed by atoms with Crippen molar-refractivity contribution in [2.75, 3.05) is 13.1 Å². The number of likely N-dealkylation sites (tertiary alicyclic amines) is 1. The summed E-state index contributed by atoms with van der Waals surface area (Å²) in [5, 5.41) is 11.9. The molecule has 5 heteroatoms. The number of carboxylic acid groups (broad SMARTS) is 1. The van der Waals surface area contributed by atoms with Gasteiger partial charge in [-0.25, -0.2) is 4.79 Å². The van der Waals surface area contributed by atoms with E-state index in [1.54, 1.807) is 4.90 Å². The van der Waals surface area contributed by atoms with Gasteiger partial charge in [0, 0.05) is 19.1 Å². The summed E-state index contributed by atoms with van der Waals surface area (Å²) in [6.07, 6.45) is 1.42. The number of piperidine rings is 1. The molecule has 5 nitrogen and oxygen atoms in total. The Morgan fingerprint density at radius 3 is 2.50 bits per heavy atom. The van der Waals surface area contributed by atoms with Gasteiger partial charge in [0.05, 0.1) is 5.92 Å². The number of aliphatic carboxylic acids is 1. The predicted molar refractivity (Wildman–Crippen MR) is 69.4 cm³/mol. The Morgan fingerprint density at radius 1 is 1.39 bits per heavy atom. The number of carbonyl (C=O) groups is 2. The molecule has 1 aliphatic heterocycles. The van der Waals surface area contributed by atoms with Gasteiger partial charge in [-0.1, -0.05) is 20.8 Å². The first-order valence-corrected chi connectivity index (χ1v) is 6.50. The second-order valence-corrected chi connectivity index (χ2v) is 6.16. The van der Waals surface area contributed by atoms with Crippen LogP contribution >= 0.6 is 0 Å². The molecule has 0 aromatic rings. The normalized spacial score (nSPS) is 22.4. The van der Waals surface area contributed by atoms with E-state index in [0.29, 0.717) is 19.5 Å². The largest absolute Gasteiger partial charge is 0.481 e. The highest BCUT2D eigenvalue weighted by atomic mass is 16.4. The Labute approximate surface area is 109 Å². The van der Waals surface area contributed by atoms with Gasteiger partial charge in [-0.15, -0.1) is 0 Å². The zero-order valence-electron chi connectivity index (χ0n) is 11.7. The first-order valence-electron chi connectivity index (χ1n) is 6.50. The third-order valence-corrected chi connectivity index (χ3v) is 3.70. The molecule has 2 amide bonds. The van der Waals surface area contributed by atoms with Crippen LogP contribution in [0.4, 0.5) is 4.79 Å². The van der Waals surface area contributed by atoms with E-state index >= 15 is 0 Å². The lowest BCUT2D eigenvalue weighted by atomic mass is 9.88. The number of nitrogens with zero attached hydrogens (tertiary/aromatic N) is 1. The fraction of sp³-hybridized carbons (Fsp3) is 0.846. The first-order chi connectivity index (χ1) is 8.21. The van der Waals surface area contributed by atoms with Gasteiger partial charge >= 0.3 is 12.0 Å². The summed E-state index contributed by atoms with van der Waals surface area (Å²) in [7, 11) is 0. The molecule has 1 rings (SSSR count). The molecule has 0 radical (unpaired) electrons. The second-order valence-electron chi connectivity index (χ2n) is 6.16. The van der Waals surface area contributed by atoms with Crippen molar-refractivity contribution in [1.82, 2.24) is 10.2 Å². The Balaban J connectivity index is 2.54. The molecule has 0 aromatic heterocycles. The van der Waals surface area contributed by atoms with Crippen molar-refractivity contribution in [2.45, 2.75) is 46.6 Å². The number of hydrogen-bond donors (Lipinski definition) is 2. The monoisotopic (exact) mass is 256 g/mol. The Morgan fingerprint density at radius 2 is 2.00 bits per heavy atom. The highest BCUT2D eigenvalue weighted by Gasteiger charge is 2.30. The third-order valence-electron chi connectivity index (χ3n) is 3.70. The zero-order valence-corrected chi connectivity index (χ0v) is 11.7. The average Bonchev–Trinajstić information content (AvgIpc) is 2.27. The molecule has 0 bridgehead atoms. The van der Waals surface area contributed by atoms with E-state index in [-0.39, 0.29) is 17.5 Å². The van der Waals surface area contributed by atoms with Gasteiger partial charge in [-0.05, 0) is 25.2 Å². The number of urea groups is 1. The molecule has 2 N–H and O–H groups in total. The van der Waals surface area contributed by atoms with Crippen molar-refractivity contribution in [3.8, 4) is 0 Å². The molecular formula is C13H24N2O3. The van der Waals surface area contributed by atoms with Crippen LogP contribution in [0.2, 0.25) is 0 Å². The molecule has 0 aromatic carbocycles. The van der Waals surface area contributed by atoms with E-state index in [1.807, 2.05) is 6.92 Å². The maximum absolute atomic E-state index is 12.0. The van der Waals surface area contributed by atoms with Crippen molar-refractivity contribution in [3.63, 3.8) is 0 Å². The van der Waals surface area contributed by atoms with E-state index in [1.165, 1.54) is 0 Å². The van der Waals surface area contributed by atoms with E-state index in [0.717, 1.165) is 6.42 Å². The standard InChI is InChI=1S/C13H24N2O3/c1-9(13(2,3)4)14-12(18)15-7-5-6-10(8-15)11(16)17/h9-10H,5-8H2,1-4H3,(H,14,18)(H,16,17)/t9?,10-/m1/s1. The molecule has 1 unspecified atom stereocenters.